The Balaban J connectivity index is 1.69. The third kappa shape index (κ3) is 2.93. The topological polar surface area (TPSA) is 30.5 Å². The number of hydrogen-bond donors (Lipinski definition) is 1. The summed E-state index contributed by atoms with van der Waals surface area (Å²) in [6, 6.07) is 0. The highest BCUT2D eigenvalue weighted by Gasteiger charge is 2.20. The molecule has 0 aromatic heterocycles. The predicted molar refractivity (Wildman–Crippen MR) is 50.3 cm³/mol. The molecule has 0 saturated carbocycles. The van der Waals surface area contributed by atoms with E-state index in [9.17, 15) is 0 Å². The van der Waals surface area contributed by atoms with Crippen LogP contribution < -0.4 is 5.32 Å². The zero-order chi connectivity index (χ0) is 8.93. The minimum atomic E-state index is 0.247. The lowest BCUT2D eigenvalue weighted by molar-refractivity contribution is -0.0773. The molecule has 0 radical (unpaired) electrons. The summed E-state index contributed by atoms with van der Waals surface area (Å²) in [5.74, 6) is 0. The molecule has 3 nitrogen and oxygen atoms in total. The molecule has 0 aromatic rings. The largest absolute Gasteiger partial charge is 0.363 e. The smallest absolute Gasteiger partial charge is 0.110 e. The van der Waals surface area contributed by atoms with Gasteiger partial charge >= 0.3 is 0 Å². The normalized spacial score (nSPS) is 36.0. The van der Waals surface area contributed by atoms with Crippen molar-refractivity contribution in [2.75, 3.05) is 13.2 Å². The summed E-state index contributed by atoms with van der Waals surface area (Å²) in [5.41, 5.74) is 0. The van der Waals surface area contributed by atoms with Crippen molar-refractivity contribution in [3.05, 3.63) is 0 Å². The van der Waals surface area contributed by atoms with Gasteiger partial charge in [-0.1, -0.05) is 0 Å². The van der Waals surface area contributed by atoms with Gasteiger partial charge in [0.1, 0.15) is 12.5 Å². The van der Waals surface area contributed by atoms with Gasteiger partial charge in [-0.3, -0.25) is 5.32 Å². The van der Waals surface area contributed by atoms with Crippen LogP contribution in [0.3, 0.4) is 0 Å². The van der Waals surface area contributed by atoms with Crippen molar-refractivity contribution in [3.8, 4) is 0 Å². The molecule has 0 bridgehead atoms. The second kappa shape index (κ2) is 4.94. The number of rotatable bonds is 2. The van der Waals surface area contributed by atoms with E-state index < -0.39 is 0 Å². The van der Waals surface area contributed by atoms with Gasteiger partial charge < -0.3 is 9.47 Å². The summed E-state index contributed by atoms with van der Waals surface area (Å²) in [4.78, 5) is 0. The van der Waals surface area contributed by atoms with Gasteiger partial charge in [0.15, 0.2) is 0 Å². The van der Waals surface area contributed by atoms with Crippen molar-refractivity contribution >= 4 is 0 Å². The van der Waals surface area contributed by atoms with E-state index in [1.165, 1.54) is 25.7 Å². The molecule has 0 amide bonds. The standard InChI is InChI=1S/C10H19NO2/c1-3-7-12-9(5-1)11-10-6-2-4-8-13-10/h9-11H,1-8H2. The van der Waals surface area contributed by atoms with Gasteiger partial charge in [0.25, 0.3) is 0 Å². The Morgan fingerprint density at radius 2 is 1.31 bits per heavy atom. The van der Waals surface area contributed by atoms with Gasteiger partial charge in [-0.05, 0) is 38.5 Å². The highest BCUT2D eigenvalue weighted by Crippen LogP contribution is 2.15. The van der Waals surface area contributed by atoms with Crippen LogP contribution in [0, 0.1) is 0 Å². The molecule has 0 spiro atoms. The molecule has 2 heterocycles. The third-order valence-corrected chi connectivity index (χ3v) is 2.73. The molecule has 2 aliphatic rings. The molecule has 2 aliphatic heterocycles. The van der Waals surface area contributed by atoms with Gasteiger partial charge in [-0.15, -0.1) is 0 Å². The van der Waals surface area contributed by atoms with E-state index >= 15 is 0 Å². The summed E-state index contributed by atoms with van der Waals surface area (Å²) >= 11 is 0. The summed E-state index contributed by atoms with van der Waals surface area (Å²) in [6.07, 6.45) is 7.76. The summed E-state index contributed by atoms with van der Waals surface area (Å²) in [5, 5.41) is 3.41. The van der Waals surface area contributed by atoms with E-state index in [4.69, 9.17) is 9.47 Å². The van der Waals surface area contributed by atoms with Crippen LogP contribution >= 0.6 is 0 Å². The molecule has 0 aromatic carbocycles. The first-order valence-corrected chi connectivity index (χ1v) is 5.44. The lowest BCUT2D eigenvalue weighted by atomic mass is 10.1. The van der Waals surface area contributed by atoms with E-state index in [0.29, 0.717) is 0 Å². The van der Waals surface area contributed by atoms with Gasteiger partial charge in [-0.2, -0.15) is 0 Å². The van der Waals surface area contributed by atoms with Crippen molar-refractivity contribution in [1.82, 2.24) is 5.32 Å². The van der Waals surface area contributed by atoms with Gasteiger partial charge in [0, 0.05) is 13.2 Å². The van der Waals surface area contributed by atoms with Crippen LogP contribution in [-0.2, 0) is 9.47 Å². The van der Waals surface area contributed by atoms with Crippen LogP contribution in [0.15, 0.2) is 0 Å². The average molecular weight is 185 g/mol. The Labute approximate surface area is 79.8 Å². The van der Waals surface area contributed by atoms with Crippen LogP contribution in [0.5, 0.6) is 0 Å². The lowest BCUT2D eigenvalue weighted by Gasteiger charge is -2.30. The number of nitrogens with one attached hydrogen (secondary N) is 1. The molecular weight excluding hydrogens is 166 g/mol. The molecule has 2 fully saturated rings. The fourth-order valence-electron chi connectivity index (χ4n) is 1.95. The van der Waals surface area contributed by atoms with Crippen molar-refractivity contribution in [2.24, 2.45) is 0 Å². The van der Waals surface area contributed by atoms with Gasteiger partial charge in [-0.25, -0.2) is 0 Å². The fourth-order valence-corrected chi connectivity index (χ4v) is 1.95. The molecule has 2 rings (SSSR count). The SMILES string of the molecule is C1CCC(NC2CCCCO2)OC1. The highest BCUT2D eigenvalue weighted by molar-refractivity contribution is 4.67. The van der Waals surface area contributed by atoms with E-state index in [1.807, 2.05) is 0 Å². The van der Waals surface area contributed by atoms with Crippen molar-refractivity contribution in [2.45, 2.75) is 51.0 Å². The minimum Gasteiger partial charge on any atom is -0.363 e. The van der Waals surface area contributed by atoms with Crippen LogP contribution in [0.1, 0.15) is 38.5 Å². The molecule has 2 atom stereocenters. The van der Waals surface area contributed by atoms with E-state index in [-0.39, 0.29) is 12.5 Å². The number of hydrogen-bond acceptors (Lipinski definition) is 3. The quantitative estimate of drug-likeness (QED) is 0.709. The van der Waals surface area contributed by atoms with Crippen molar-refractivity contribution < 1.29 is 9.47 Å². The monoisotopic (exact) mass is 185 g/mol. The van der Waals surface area contributed by atoms with E-state index in [1.54, 1.807) is 0 Å². The first kappa shape index (κ1) is 9.44. The van der Waals surface area contributed by atoms with Gasteiger partial charge in [0.05, 0.1) is 0 Å². The van der Waals surface area contributed by atoms with Crippen molar-refractivity contribution in [3.63, 3.8) is 0 Å². The van der Waals surface area contributed by atoms with Crippen molar-refractivity contribution in [1.29, 1.82) is 0 Å². The molecule has 3 heteroatoms. The van der Waals surface area contributed by atoms with Crippen LogP contribution in [-0.4, -0.2) is 25.7 Å². The average Bonchev–Trinajstić information content (AvgIpc) is 2.21. The molecule has 2 unspecified atom stereocenters. The molecule has 0 aliphatic carbocycles. The predicted octanol–water partition coefficient (Wildman–Crippen LogP) is 1.63. The number of ether oxygens (including phenoxy) is 2. The maximum absolute atomic E-state index is 5.59. The molecule has 1 N–H and O–H groups in total. The van der Waals surface area contributed by atoms with Crippen LogP contribution in [0.4, 0.5) is 0 Å². The molecule has 13 heavy (non-hydrogen) atoms. The van der Waals surface area contributed by atoms with Crippen LogP contribution in [0.2, 0.25) is 0 Å². The first-order valence-electron chi connectivity index (χ1n) is 5.44. The first-order chi connectivity index (χ1) is 6.45. The Hall–Kier alpha value is -0.120. The maximum Gasteiger partial charge on any atom is 0.110 e. The maximum atomic E-state index is 5.59. The Morgan fingerprint density at radius 1 is 0.769 bits per heavy atom. The van der Waals surface area contributed by atoms with E-state index in [2.05, 4.69) is 5.32 Å². The minimum absolute atomic E-state index is 0.247. The third-order valence-electron chi connectivity index (χ3n) is 2.73. The second-order valence-corrected chi connectivity index (χ2v) is 3.88. The summed E-state index contributed by atoms with van der Waals surface area (Å²) in [7, 11) is 0. The fraction of sp³-hybridized carbons (Fsp3) is 1.00. The molecule has 76 valence electrons. The Kier molecular flexibility index (Phi) is 3.58. The zero-order valence-electron chi connectivity index (χ0n) is 8.13. The zero-order valence-corrected chi connectivity index (χ0v) is 8.13. The van der Waals surface area contributed by atoms with E-state index in [0.717, 1.165) is 26.1 Å². The summed E-state index contributed by atoms with van der Waals surface area (Å²) < 4.78 is 11.2. The molecular formula is C10H19NO2. The van der Waals surface area contributed by atoms with Gasteiger partial charge in [0.2, 0.25) is 0 Å². The highest BCUT2D eigenvalue weighted by atomic mass is 16.5. The lowest BCUT2D eigenvalue weighted by Crippen LogP contribution is -2.44. The van der Waals surface area contributed by atoms with Crippen LogP contribution in [0.25, 0.3) is 0 Å². The Morgan fingerprint density at radius 3 is 1.69 bits per heavy atom. The molecule has 2 saturated heterocycles. The second-order valence-electron chi connectivity index (χ2n) is 3.88. The summed E-state index contributed by atoms with van der Waals surface area (Å²) in [6.45, 7) is 1.81. The Bertz CT molecular complexity index is 124.